The number of aliphatic imine (C=N–C) groups is 1. The molecule has 1 unspecified atom stereocenters. The molecular weight excluding hydrogens is 451 g/mol. The summed E-state index contributed by atoms with van der Waals surface area (Å²) >= 11 is 0. The van der Waals surface area contributed by atoms with Crippen LogP contribution in [0, 0.1) is 0 Å². The first-order valence-corrected chi connectivity index (χ1v) is 11.4. The van der Waals surface area contributed by atoms with E-state index in [9.17, 15) is 21.6 Å². The second kappa shape index (κ2) is 8.15. The van der Waals surface area contributed by atoms with Crippen LogP contribution < -0.4 is 4.90 Å². The van der Waals surface area contributed by atoms with Crippen molar-refractivity contribution in [3.05, 3.63) is 102 Å². The van der Waals surface area contributed by atoms with Crippen LogP contribution in [-0.4, -0.2) is 32.5 Å². The predicted octanol–water partition coefficient (Wildman–Crippen LogP) is 5.14. The monoisotopic (exact) mass is 471 g/mol. The molecule has 0 bridgehead atoms. The Morgan fingerprint density at radius 1 is 0.879 bits per heavy atom. The number of fused-ring (bicyclic) bond motifs is 1. The molecule has 0 radical (unpaired) electrons. The summed E-state index contributed by atoms with van der Waals surface area (Å²) in [5.41, 5.74) is -4.22. The van der Waals surface area contributed by atoms with Crippen LogP contribution in [-0.2, 0) is 15.6 Å². The van der Waals surface area contributed by atoms with Crippen molar-refractivity contribution in [1.29, 1.82) is 0 Å². The van der Waals surface area contributed by atoms with Crippen molar-refractivity contribution in [3.8, 4) is 0 Å². The number of alkyl halides is 3. The number of amidine groups is 1. The number of likely N-dealkylation sites (N-methyl/N-ethyl adjacent to an activating group) is 1. The number of benzodiazepines with no additional fused rings is 1. The quantitative estimate of drug-likeness (QED) is 0.532. The Balaban J connectivity index is 2.12. The van der Waals surface area contributed by atoms with Crippen molar-refractivity contribution >= 4 is 27.3 Å². The third kappa shape index (κ3) is 4.04. The molecule has 3 aromatic rings. The van der Waals surface area contributed by atoms with E-state index in [0.29, 0.717) is 22.5 Å². The molecule has 4 rings (SSSR count). The molecule has 0 aromatic heterocycles. The Morgan fingerprint density at radius 2 is 1.42 bits per heavy atom. The summed E-state index contributed by atoms with van der Waals surface area (Å²) < 4.78 is 67.7. The fourth-order valence-corrected chi connectivity index (χ4v) is 4.46. The van der Waals surface area contributed by atoms with Crippen LogP contribution in [0.15, 0.2) is 94.3 Å². The summed E-state index contributed by atoms with van der Waals surface area (Å²) in [5, 5.41) is 0. The van der Waals surface area contributed by atoms with Gasteiger partial charge in [0.15, 0.2) is 5.84 Å². The highest BCUT2D eigenvalue weighted by Crippen LogP contribution is 2.39. The first-order chi connectivity index (χ1) is 15.5. The topological polar surface area (TPSA) is 62.1 Å². The van der Waals surface area contributed by atoms with Gasteiger partial charge in [-0.2, -0.15) is 21.6 Å². The maximum absolute atomic E-state index is 13.4. The molecule has 0 aliphatic carbocycles. The number of halogens is 3. The number of para-hydroxylation sites is 1. The van der Waals surface area contributed by atoms with Crippen molar-refractivity contribution in [2.45, 2.75) is 18.0 Å². The second-order valence-corrected chi connectivity index (χ2v) is 9.27. The number of anilines is 1. The zero-order valence-electron chi connectivity index (χ0n) is 17.8. The van der Waals surface area contributed by atoms with E-state index in [1.165, 1.54) is 11.9 Å². The molecule has 5 nitrogen and oxygen atoms in total. The van der Waals surface area contributed by atoms with Gasteiger partial charge in [-0.15, -0.1) is 4.40 Å². The summed E-state index contributed by atoms with van der Waals surface area (Å²) in [4.78, 5) is 6.27. The molecule has 0 saturated carbocycles. The van der Waals surface area contributed by atoms with E-state index in [1.807, 2.05) is 30.3 Å². The standard InChI is InChI=1S/C24H20F3N3O2S/c1-23(18-13-7-4-8-14-18)22(29-33(31,32)24(25,26)27)30(2)20-16-10-9-15-19(20)21(28-23)17-11-5-3-6-12-17/h3-16H,1-2H3/b29-22-. The molecular formula is C24H20F3N3O2S. The van der Waals surface area contributed by atoms with Gasteiger partial charge in [0.25, 0.3) is 0 Å². The average Bonchev–Trinajstić information content (AvgIpc) is 2.89. The fourth-order valence-electron chi connectivity index (χ4n) is 3.83. The van der Waals surface area contributed by atoms with E-state index in [-0.39, 0.29) is 5.84 Å². The molecule has 0 N–H and O–H groups in total. The van der Waals surface area contributed by atoms with Crippen LogP contribution in [0.3, 0.4) is 0 Å². The van der Waals surface area contributed by atoms with Gasteiger partial charge in [-0.25, -0.2) is 0 Å². The average molecular weight is 472 g/mol. The summed E-state index contributed by atoms with van der Waals surface area (Å²) in [5.74, 6) is -0.357. The van der Waals surface area contributed by atoms with Gasteiger partial charge in [0.1, 0.15) is 5.54 Å². The first kappa shape index (κ1) is 22.7. The molecule has 33 heavy (non-hydrogen) atoms. The van der Waals surface area contributed by atoms with Gasteiger partial charge < -0.3 is 4.90 Å². The Bertz CT molecular complexity index is 1340. The smallest absolute Gasteiger partial charge is 0.329 e. The maximum atomic E-state index is 13.4. The number of hydrogen-bond donors (Lipinski definition) is 0. The van der Waals surface area contributed by atoms with Crippen LogP contribution in [0.5, 0.6) is 0 Å². The predicted molar refractivity (Wildman–Crippen MR) is 123 cm³/mol. The Hall–Kier alpha value is -3.46. The van der Waals surface area contributed by atoms with Crippen LogP contribution in [0.25, 0.3) is 0 Å². The Kier molecular flexibility index (Phi) is 5.61. The summed E-state index contributed by atoms with van der Waals surface area (Å²) in [6, 6.07) is 24.8. The van der Waals surface area contributed by atoms with Gasteiger partial charge in [0.05, 0.1) is 11.4 Å². The maximum Gasteiger partial charge on any atom is 0.518 e. The molecule has 1 aliphatic rings. The van der Waals surface area contributed by atoms with Gasteiger partial charge in [-0.3, -0.25) is 4.99 Å². The minimum absolute atomic E-state index is 0.357. The highest BCUT2D eigenvalue weighted by Gasteiger charge is 2.49. The molecule has 1 aliphatic heterocycles. The lowest BCUT2D eigenvalue weighted by Crippen LogP contribution is -2.43. The van der Waals surface area contributed by atoms with Crippen molar-refractivity contribution in [2.24, 2.45) is 9.39 Å². The molecule has 0 fully saturated rings. The van der Waals surface area contributed by atoms with E-state index in [2.05, 4.69) is 4.40 Å². The summed E-state index contributed by atoms with van der Waals surface area (Å²) in [7, 11) is -4.34. The Labute approximate surface area is 190 Å². The second-order valence-electron chi connectivity index (χ2n) is 7.68. The number of sulfonamides is 1. The van der Waals surface area contributed by atoms with Crippen molar-refractivity contribution in [3.63, 3.8) is 0 Å². The lowest BCUT2D eigenvalue weighted by Gasteiger charge is -2.32. The van der Waals surface area contributed by atoms with E-state index in [1.54, 1.807) is 61.5 Å². The molecule has 0 saturated heterocycles. The molecule has 9 heteroatoms. The van der Waals surface area contributed by atoms with Gasteiger partial charge in [0, 0.05) is 18.2 Å². The summed E-state index contributed by atoms with van der Waals surface area (Å²) in [6.07, 6.45) is 0. The highest BCUT2D eigenvalue weighted by atomic mass is 32.2. The molecule has 1 heterocycles. The van der Waals surface area contributed by atoms with Crippen LogP contribution in [0.2, 0.25) is 0 Å². The number of benzene rings is 3. The molecule has 3 aromatic carbocycles. The fraction of sp³-hybridized carbons (Fsp3) is 0.167. The van der Waals surface area contributed by atoms with Gasteiger partial charge in [0.2, 0.25) is 0 Å². The minimum Gasteiger partial charge on any atom is -0.329 e. The van der Waals surface area contributed by atoms with Crippen molar-refractivity contribution in [2.75, 3.05) is 11.9 Å². The summed E-state index contributed by atoms with van der Waals surface area (Å²) in [6.45, 7) is 1.57. The van der Waals surface area contributed by atoms with Gasteiger partial charge in [-0.05, 0) is 18.6 Å². The zero-order valence-corrected chi connectivity index (χ0v) is 18.6. The zero-order chi connectivity index (χ0) is 23.9. The molecule has 0 spiro atoms. The SMILES string of the molecule is CN1/C(=N\S(=O)(=O)C(F)(F)F)C(C)(c2ccccc2)N=C(c2ccccc2)c2ccccc21. The highest BCUT2D eigenvalue weighted by molar-refractivity contribution is 7.91. The number of nitrogens with zero attached hydrogens (tertiary/aromatic N) is 3. The molecule has 170 valence electrons. The van der Waals surface area contributed by atoms with Crippen LogP contribution in [0.4, 0.5) is 18.9 Å². The first-order valence-electron chi connectivity index (χ1n) is 10.0. The van der Waals surface area contributed by atoms with E-state index in [4.69, 9.17) is 4.99 Å². The van der Waals surface area contributed by atoms with Gasteiger partial charge in [-0.1, -0.05) is 78.9 Å². The van der Waals surface area contributed by atoms with Gasteiger partial charge >= 0.3 is 15.5 Å². The third-order valence-electron chi connectivity index (χ3n) is 5.49. The largest absolute Gasteiger partial charge is 0.518 e. The van der Waals surface area contributed by atoms with E-state index >= 15 is 0 Å². The number of hydrogen-bond acceptors (Lipinski definition) is 3. The lowest BCUT2D eigenvalue weighted by molar-refractivity contribution is -0.0435. The van der Waals surface area contributed by atoms with Crippen molar-refractivity contribution in [1.82, 2.24) is 0 Å². The molecule has 1 atom stereocenters. The third-order valence-corrected chi connectivity index (χ3v) is 6.49. The normalized spacial score (nSPS) is 20.2. The number of rotatable bonds is 3. The van der Waals surface area contributed by atoms with Crippen molar-refractivity contribution < 1.29 is 21.6 Å². The minimum atomic E-state index is -5.83. The van der Waals surface area contributed by atoms with Crippen LogP contribution in [0.1, 0.15) is 23.6 Å². The molecule has 0 amide bonds. The van der Waals surface area contributed by atoms with Crippen LogP contribution >= 0.6 is 0 Å². The van der Waals surface area contributed by atoms with E-state index < -0.39 is 21.1 Å². The van der Waals surface area contributed by atoms with E-state index in [0.717, 1.165) is 5.56 Å². The Morgan fingerprint density at radius 3 is 2.03 bits per heavy atom. The lowest BCUT2D eigenvalue weighted by atomic mass is 9.90.